The summed E-state index contributed by atoms with van der Waals surface area (Å²) in [7, 11) is 0. The van der Waals surface area contributed by atoms with Crippen LogP contribution in [0.2, 0.25) is 0 Å². The van der Waals surface area contributed by atoms with E-state index in [4.69, 9.17) is 19.9 Å². The van der Waals surface area contributed by atoms with Gasteiger partial charge in [-0.05, 0) is 36.2 Å². The molecule has 0 unspecified atom stereocenters. The van der Waals surface area contributed by atoms with Gasteiger partial charge in [0, 0.05) is 17.9 Å². The Hall–Kier alpha value is -5.25. The lowest BCUT2D eigenvalue weighted by atomic mass is 9.69. The van der Waals surface area contributed by atoms with Gasteiger partial charge in [0.05, 0.1) is 30.7 Å². The van der Waals surface area contributed by atoms with Gasteiger partial charge in [0.1, 0.15) is 6.61 Å². The highest BCUT2D eigenvalue weighted by Gasteiger charge is 2.44. The summed E-state index contributed by atoms with van der Waals surface area (Å²) in [6.07, 6.45) is 2.33. The zero-order chi connectivity index (χ0) is 28.9. The number of anilines is 1. The van der Waals surface area contributed by atoms with Crippen molar-refractivity contribution in [3.8, 4) is 5.88 Å². The van der Waals surface area contributed by atoms with Crippen LogP contribution in [0.1, 0.15) is 38.7 Å². The van der Waals surface area contributed by atoms with Crippen molar-refractivity contribution in [2.75, 3.05) is 18.9 Å². The number of nitrogens with zero attached hydrogens (tertiary/aromatic N) is 4. The molecule has 2 aromatic heterocycles. The molecule has 0 bridgehead atoms. The van der Waals surface area contributed by atoms with Crippen LogP contribution in [-0.4, -0.2) is 44.7 Å². The Balaban J connectivity index is 1.24. The van der Waals surface area contributed by atoms with E-state index in [1.165, 1.54) is 0 Å². The predicted molar refractivity (Wildman–Crippen MR) is 155 cm³/mol. The second-order valence-corrected chi connectivity index (χ2v) is 10.1. The fourth-order valence-corrected chi connectivity index (χ4v) is 5.21. The Bertz CT molecular complexity index is 1680. The molecule has 1 fully saturated rings. The quantitative estimate of drug-likeness (QED) is 0.236. The molecule has 2 N–H and O–H groups in total. The molecule has 10 heteroatoms. The van der Waals surface area contributed by atoms with Gasteiger partial charge >= 0.3 is 11.9 Å². The van der Waals surface area contributed by atoms with E-state index >= 15 is 0 Å². The average Bonchev–Trinajstić information content (AvgIpc) is 3.43. The first-order chi connectivity index (χ1) is 20.6. The smallest absolute Gasteiger partial charge is 0.338 e. The Kier molecular flexibility index (Phi) is 7.76. The second kappa shape index (κ2) is 12.1. The highest BCUT2D eigenvalue weighted by Crippen LogP contribution is 2.46. The van der Waals surface area contributed by atoms with Gasteiger partial charge in [0.2, 0.25) is 11.8 Å². The van der Waals surface area contributed by atoms with Crippen molar-refractivity contribution in [3.05, 3.63) is 114 Å². The number of ether oxygens (including phenoxy) is 3. The molecule has 0 radical (unpaired) electrons. The van der Waals surface area contributed by atoms with Gasteiger partial charge in [-0.3, -0.25) is 0 Å². The van der Waals surface area contributed by atoms with Crippen molar-refractivity contribution >= 4 is 29.1 Å². The van der Waals surface area contributed by atoms with E-state index in [-0.39, 0.29) is 37.0 Å². The lowest BCUT2D eigenvalue weighted by Gasteiger charge is -2.44. The lowest BCUT2D eigenvalue weighted by molar-refractivity contribution is -0.0308. The maximum atomic E-state index is 12.8. The van der Waals surface area contributed by atoms with Crippen molar-refractivity contribution in [2.45, 2.75) is 19.1 Å². The molecular formula is C32H29N5O5. The number of carbonyl (C=O) groups is 2. The van der Waals surface area contributed by atoms with Crippen LogP contribution in [0.4, 0.5) is 5.95 Å². The van der Waals surface area contributed by atoms with Crippen molar-refractivity contribution in [3.63, 3.8) is 0 Å². The Morgan fingerprint density at radius 1 is 0.810 bits per heavy atom. The Labute approximate surface area is 242 Å². The first kappa shape index (κ1) is 26.9. The third-order valence-corrected chi connectivity index (χ3v) is 7.49. The number of nitrogen functional groups attached to an aromatic ring is 1. The molecule has 5 aromatic rings. The van der Waals surface area contributed by atoms with Crippen LogP contribution in [0.3, 0.4) is 0 Å². The number of nitrogens with two attached hydrogens (primary N) is 1. The molecule has 10 nitrogen and oxygen atoms in total. The number of hydrogen-bond acceptors (Lipinski definition) is 9. The van der Waals surface area contributed by atoms with Gasteiger partial charge in [-0.15, -0.1) is 0 Å². The minimum Gasteiger partial charge on any atom is -0.471 e. The lowest BCUT2D eigenvalue weighted by Crippen LogP contribution is -2.44. The fourth-order valence-electron chi connectivity index (χ4n) is 5.21. The molecule has 1 aliphatic rings. The number of hydrogen-bond donors (Lipinski definition) is 1. The van der Waals surface area contributed by atoms with E-state index in [0.29, 0.717) is 41.2 Å². The summed E-state index contributed by atoms with van der Waals surface area (Å²) in [5.74, 6) is -0.654. The summed E-state index contributed by atoms with van der Waals surface area (Å²) >= 11 is 0. The molecule has 3 atom stereocenters. The maximum Gasteiger partial charge on any atom is 0.338 e. The molecule has 6 rings (SSSR count). The van der Waals surface area contributed by atoms with E-state index in [0.717, 1.165) is 5.56 Å². The summed E-state index contributed by atoms with van der Waals surface area (Å²) in [5, 5.41) is 0. The monoisotopic (exact) mass is 563 g/mol. The minimum atomic E-state index is -0.417. The molecule has 0 amide bonds. The van der Waals surface area contributed by atoms with E-state index in [9.17, 15) is 9.59 Å². The summed E-state index contributed by atoms with van der Waals surface area (Å²) in [4.78, 5) is 38.6. The topological polar surface area (TPSA) is 131 Å². The first-order valence-electron chi connectivity index (χ1n) is 13.7. The molecule has 0 saturated heterocycles. The molecule has 0 aliphatic heterocycles. The van der Waals surface area contributed by atoms with Gasteiger partial charge in [0.25, 0.3) is 0 Å². The van der Waals surface area contributed by atoms with Gasteiger partial charge in [-0.25, -0.2) is 14.6 Å². The Morgan fingerprint density at radius 2 is 1.40 bits per heavy atom. The second-order valence-electron chi connectivity index (χ2n) is 10.1. The highest BCUT2D eigenvalue weighted by molar-refractivity contribution is 5.89. The van der Waals surface area contributed by atoms with Gasteiger partial charge in [0.15, 0.2) is 11.2 Å². The molecule has 0 spiro atoms. The van der Waals surface area contributed by atoms with Crippen molar-refractivity contribution in [1.82, 2.24) is 19.5 Å². The summed E-state index contributed by atoms with van der Waals surface area (Å²) in [6.45, 7) is 0.602. The van der Waals surface area contributed by atoms with Crippen LogP contribution < -0.4 is 10.5 Å². The fraction of sp³-hybridized carbons (Fsp3) is 0.219. The van der Waals surface area contributed by atoms with Crippen LogP contribution in [0, 0.1) is 11.8 Å². The van der Waals surface area contributed by atoms with Gasteiger partial charge in [-0.2, -0.15) is 9.97 Å². The maximum absolute atomic E-state index is 12.8. The highest BCUT2D eigenvalue weighted by atomic mass is 16.5. The normalized spacial score (nSPS) is 17.8. The molecule has 212 valence electrons. The number of imidazole rings is 1. The third-order valence-electron chi connectivity index (χ3n) is 7.49. The summed E-state index contributed by atoms with van der Waals surface area (Å²) in [6, 6.07) is 27.3. The standard InChI is InChI=1S/C32H29N5O5/c33-32-35-28-27(29(36-32)40-17-21-10-4-1-5-11-21)37(20-34-28)26-16-24(18-41-30(38)22-12-6-2-7-13-22)25(26)19-42-31(39)23-14-8-3-9-15-23/h1-15,20,24-26H,16-19H2,(H2,33,35,36)/t24-,25-,26-/m1/s1. The van der Waals surface area contributed by atoms with Gasteiger partial charge < -0.3 is 24.5 Å². The summed E-state index contributed by atoms with van der Waals surface area (Å²) < 4.78 is 19.5. The van der Waals surface area contributed by atoms with Crippen LogP contribution in [0.5, 0.6) is 5.88 Å². The van der Waals surface area contributed by atoms with E-state index in [1.807, 2.05) is 47.0 Å². The number of aromatic nitrogens is 4. The first-order valence-corrected chi connectivity index (χ1v) is 13.7. The molecule has 1 aliphatic carbocycles. The average molecular weight is 564 g/mol. The van der Waals surface area contributed by atoms with Crippen molar-refractivity contribution < 1.29 is 23.8 Å². The largest absolute Gasteiger partial charge is 0.471 e. The van der Waals surface area contributed by atoms with Crippen LogP contribution >= 0.6 is 0 Å². The number of benzene rings is 3. The zero-order valence-corrected chi connectivity index (χ0v) is 22.7. The van der Waals surface area contributed by atoms with Crippen LogP contribution in [-0.2, 0) is 16.1 Å². The van der Waals surface area contributed by atoms with E-state index < -0.39 is 11.9 Å². The molecular weight excluding hydrogens is 534 g/mol. The molecule has 42 heavy (non-hydrogen) atoms. The third kappa shape index (κ3) is 5.78. The molecule has 1 saturated carbocycles. The van der Waals surface area contributed by atoms with E-state index in [1.54, 1.807) is 54.9 Å². The molecule has 3 aromatic carbocycles. The number of rotatable bonds is 10. The number of fused-ring (bicyclic) bond motifs is 1. The predicted octanol–water partition coefficient (Wildman–Crippen LogP) is 4.88. The number of carbonyl (C=O) groups excluding carboxylic acids is 2. The number of esters is 2. The minimum absolute atomic E-state index is 0.0490. The zero-order valence-electron chi connectivity index (χ0n) is 22.7. The van der Waals surface area contributed by atoms with Gasteiger partial charge in [-0.1, -0.05) is 66.7 Å². The van der Waals surface area contributed by atoms with Crippen molar-refractivity contribution in [2.24, 2.45) is 11.8 Å². The van der Waals surface area contributed by atoms with Crippen LogP contribution in [0.15, 0.2) is 97.3 Å². The SMILES string of the molecule is Nc1nc(OCc2ccccc2)c2c(ncn2[C@@H]2C[C@H](COC(=O)c3ccccc3)[C@H]2COC(=O)c2ccccc2)n1. The van der Waals surface area contributed by atoms with Crippen molar-refractivity contribution in [1.29, 1.82) is 0 Å². The van der Waals surface area contributed by atoms with Crippen LogP contribution in [0.25, 0.3) is 11.2 Å². The van der Waals surface area contributed by atoms with E-state index in [2.05, 4.69) is 15.0 Å². The Morgan fingerprint density at radius 3 is 2.05 bits per heavy atom. The summed E-state index contributed by atoms with van der Waals surface area (Å²) in [5.41, 5.74) is 8.90. The molecule has 2 heterocycles.